The maximum atomic E-state index is 10.1. The van der Waals surface area contributed by atoms with Gasteiger partial charge in [-0.25, -0.2) is 0 Å². The molecule has 5 heteroatoms. The van der Waals surface area contributed by atoms with Crippen molar-refractivity contribution in [1.82, 2.24) is 0 Å². The fourth-order valence-electron chi connectivity index (χ4n) is 3.26. The lowest BCUT2D eigenvalue weighted by atomic mass is 10.0. The van der Waals surface area contributed by atoms with Gasteiger partial charge in [0, 0.05) is 0 Å². The van der Waals surface area contributed by atoms with E-state index in [1.165, 1.54) is 17.2 Å². The maximum absolute atomic E-state index is 10.1. The number of rotatable bonds is 3. The van der Waals surface area contributed by atoms with E-state index in [0.717, 1.165) is 16.7 Å². The van der Waals surface area contributed by atoms with Crippen molar-refractivity contribution in [3.05, 3.63) is 118 Å². The molecule has 0 aliphatic carbocycles. The number of phenolic OH excluding ortho intramolecular Hbond substituents is 4. The summed E-state index contributed by atoms with van der Waals surface area (Å²) in [7, 11) is 0. The van der Waals surface area contributed by atoms with Crippen LogP contribution in [0.25, 0.3) is 0 Å². The minimum atomic E-state index is 0.0347. The van der Waals surface area contributed by atoms with E-state index in [1.54, 1.807) is 36.4 Å². The molecule has 0 spiro atoms. The third-order valence-corrected chi connectivity index (χ3v) is 5.81. The van der Waals surface area contributed by atoms with Crippen LogP contribution in [-0.4, -0.2) is 26.7 Å². The summed E-state index contributed by atoms with van der Waals surface area (Å²) in [6.07, 6.45) is 0.620. The second-order valence-electron chi connectivity index (χ2n) is 9.93. The standard InChI is InChI=1S/2C10H14O.C7H6O2.C7H8O/c1-7(2)9-5-4-8(3)10(11)6-9;1-7(2)9-5-4-8(3)6-10(9)11;8-5-6-3-1-2-4-7(6)9;1-6-2-4-7(8)5-3-6/h2*4-7,11H,1-3H3;1-5,9H;2-5,8H,1H3. The Morgan fingerprint density at radius 3 is 1.62 bits per heavy atom. The van der Waals surface area contributed by atoms with Gasteiger partial charge in [0.05, 0.1) is 5.56 Å². The van der Waals surface area contributed by atoms with Gasteiger partial charge >= 0.3 is 0 Å². The van der Waals surface area contributed by atoms with Gasteiger partial charge in [0.15, 0.2) is 6.29 Å². The molecule has 4 rings (SSSR count). The highest BCUT2D eigenvalue weighted by Gasteiger charge is 2.04. The van der Waals surface area contributed by atoms with Crippen molar-refractivity contribution < 1.29 is 25.2 Å². The van der Waals surface area contributed by atoms with Crippen molar-refractivity contribution in [2.45, 2.75) is 60.3 Å². The van der Waals surface area contributed by atoms with Crippen molar-refractivity contribution in [3.63, 3.8) is 0 Å². The van der Waals surface area contributed by atoms with E-state index in [2.05, 4.69) is 33.8 Å². The Bertz CT molecular complexity index is 1270. The van der Waals surface area contributed by atoms with Crippen LogP contribution >= 0.6 is 0 Å². The zero-order chi connectivity index (χ0) is 29.5. The molecule has 0 aliphatic heterocycles. The molecule has 0 heterocycles. The molecule has 208 valence electrons. The number of hydrogen-bond acceptors (Lipinski definition) is 5. The highest BCUT2D eigenvalue weighted by atomic mass is 16.3. The van der Waals surface area contributed by atoms with E-state index in [9.17, 15) is 15.0 Å². The predicted octanol–water partition coefficient (Wildman–Crippen LogP) is 8.55. The lowest BCUT2D eigenvalue weighted by Crippen LogP contribution is -1.87. The lowest BCUT2D eigenvalue weighted by Gasteiger charge is -2.07. The quantitative estimate of drug-likeness (QED) is 0.199. The van der Waals surface area contributed by atoms with Crippen LogP contribution in [-0.2, 0) is 0 Å². The molecule has 4 aromatic rings. The van der Waals surface area contributed by atoms with Crippen LogP contribution in [0.3, 0.4) is 0 Å². The Morgan fingerprint density at radius 1 is 0.590 bits per heavy atom. The molecule has 0 saturated heterocycles. The molecule has 0 unspecified atom stereocenters. The van der Waals surface area contributed by atoms with Gasteiger partial charge in [0.25, 0.3) is 0 Å². The SMILES string of the molecule is Cc1ccc(C(C)C)c(O)c1.Cc1ccc(C(C)C)cc1O.Cc1ccc(O)cc1.O=Cc1ccccc1O. The lowest BCUT2D eigenvalue weighted by molar-refractivity contribution is 0.112. The van der Waals surface area contributed by atoms with E-state index in [-0.39, 0.29) is 5.75 Å². The summed E-state index contributed by atoms with van der Waals surface area (Å²) in [4.78, 5) is 10.1. The van der Waals surface area contributed by atoms with Gasteiger partial charge in [0.2, 0.25) is 0 Å². The van der Waals surface area contributed by atoms with Gasteiger partial charge in [-0.15, -0.1) is 0 Å². The fraction of sp³-hybridized carbons (Fsp3) is 0.265. The highest BCUT2D eigenvalue weighted by Crippen LogP contribution is 2.25. The number of aromatic hydroxyl groups is 4. The molecular weight excluding hydrogens is 488 g/mol. The van der Waals surface area contributed by atoms with Crippen molar-refractivity contribution in [2.75, 3.05) is 0 Å². The van der Waals surface area contributed by atoms with Crippen molar-refractivity contribution in [3.8, 4) is 23.0 Å². The molecular formula is C34H42O5. The molecule has 4 aromatic carbocycles. The van der Waals surface area contributed by atoms with Crippen molar-refractivity contribution in [1.29, 1.82) is 0 Å². The third-order valence-electron chi connectivity index (χ3n) is 5.81. The minimum absolute atomic E-state index is 0.0347. The summed E-state index contributed by atoms with van der Waals surface area (Å²) in [6.45, 7) is 14.2. The smallest absolute Gasteiger partial charge is 0.153 e. The topological polar surface area (TPSA) is 98.0 Å². The molecule has 39 heavy (non-hydrogen) atoms. The Morgan fingerprint density at radius 2 is 1.18 bits per heavy atom. The number of carbonyl (C=O) groups excluding carboxylic acids is 1. The number of para-hydroxylation sites is 1. The van der Waals surface area contributed by atoms with Gasteiger partial charge in [-0.1, -0.05) is 81.8 Å². The molecule has 4 N–H and O–H groups in total. The van der Waals surface area contributed by atoms with Crippen molar-refractivity contribution in [2.24, 2.45) is 0 Å². The number of hydrogen-bond donors (Lipinski definition) is 4. The van der Waals surface area contributed by atoms with Crippen molar-refractivity contribution >= 4 is 6.29 Å². The predicted molar refractivity (Wildman–Crippen MR) is 160 cm³/mol. The Labute approximate surface area is 233 Å². The Balaban J connectivity index is 0.000000262. The summed E-state index contributed by atoms with van der Waals surface area (Å²) in [6, 6.07) is 25.1. The van der Waals surface area contributed by atoms with Gasteiger partial charge < -0.3 is 20.4 Å². The van der Waals surface area contributed by atoms with E-state index >= 15 is 0 Å². The molecule has 0 radical (unpaired) electrons. The maximum Gasteiger partial charge on any atom is 0.153 e. The molecule has 0 aliphatic rings. The van der Waals surface area contributed by atoms with Gasteiger partial charge in [-0.3, -0.25) is 4.79 Å². The Kier molecular flexibility index (Phi) is 13.9. The number of aryl methyl sites for hydroxylation is 3. The number of aldehydes is 1. The molecule has 5 nitrogen and oxygen atoms in total. The molecule has 0 aromatic heterocycles. The van der Waals surface area contributed by atoms with Crippen LogP contribution in [0.1, 0.15) is 77.7 Å². The third kappa shape index (κ3) is 12.2. The van der Waals surface area contributed by atoms with E-state index < -0.39 is 0 Å². The van der Waals surface area contributed by atoms with Crippen LogP contribution in [0.5, 0.6) is 23.0 Å². The first-order chi connectivity index (χ1) is 18.3. The second-order valence-corrected chi connectivity index (χ2v) is 9.93. The summed E-state index contributed by atoms with van der Waals surface area (Å²) in [5.41, 5.74) is 5.75. The normalized spacial score (nSPS) is 9.87. The van der Waals surface area contributed by atoms with E-state index in [1.807, 2.05) is 57.2 Å². The van der Waals surface area contributed by atoms with E-state index in [4.69, 9.17) is 10.2 Å². The monoisotopic (exact) mass is 530 g/mol. The average molecular weight is 531 g/mol. The highest BCUT2D eigenvalue weighted by molar-refractivity contribution is 5.78. The fourth-order valence-corrected chi connectivity index (χ4v) is 3.26. The first kappa shape index (κ1) is 32.8. The van der Waals surface area contributed by atoms with Crippen LogP contribution in [0.4, 0.5) is 0 Å². The summed E-state index contributed by atoms with van der Waals surface area (Å²) in [5.74, 6) is 2.07. The summed E-state index contributed by atoms with van der Waals surface area (Å²) >= 11 is 0. The zero-order valence-electron chi connectivity index (χ0n) is 24.0. The molecule has 0 fully saturated rings. The van der Waals surface area contributed by atoms with Crippen LogP contribution in [0, 0.1) is 20.8 Å². The zero-order valence-corrected chi connectivity index (χ0v) is 24.0. The number of carbonyl (C=O) groups is 1. The average Bonchev–Trinajstić information content (AvgIpc) is 2.88. The van der Waals surface area contributed by atoms with Gasteiger partial charge in [-0.05, 0) is 91.3 Å². The summed E-state index contributed by atoms with van der Waals surface area (Å²) < 4.78 is 0. The largest absolute Gasteiger partial charge is 0.508 e. The number of benzene rings is 4. The summed E-state index contributed by atoms with van der Waals surface area (Å²) in [5, 5.41) is 36.4. The molecule has 0 amide bonds. The van der Waals surface area contributed by atoms with Crippen LogP contribution in [0.2, 0.25) is 0 Å². The second kappa shape index (κ2) is 16.6. The first-order valence-electron chi connectivity index (χ1n) is 12.9. The molecule has 0 atom stereocenters. The van der Waals surface area contributed by atoms with Crippen LogP contribution < -0.4 is 0 Å². The first-order valence-corrected chi connectivity index (χ1v) is 12.9. The number of phenols is 4. The van der Waals surface area contributed by atoms with Crippen LogP contribution in [0.15, 0.2) is 84.9 Å². The van der Waals surface area contributed by atoms with Gasteiger partial charge in [-0.2, -0.15) is 0 Å². The molecule has 0 saturated carbocycles. The van der Waals surface area contributed by atoms with E-state index in [0.29, 0.717) is 40.9 Å². The Hall–Kier alpha value is -4.25. The van der Waals surface area contributed by atoms with Gasteiger partial charge in [0.1, 0.15) is 23.0 Å². The molecule has 0 bridgehead atoms. The minimum Gasteiger partial charge on any atom is -0.508 e.